The lowest BCUT2D eigenvalue weighted by Crippen LogP contribution is -2.47. The number of hydrogen-bond donors (Lipinski definition) is 5. The van der Waals surface area contributed by atoms with E-state index in [1.54, 1.807) is 44.2 Å². The Morgan fingerprint density at radius 2 is 1.85 bits per heavy atom. The monoisotopic (exact) mass is 726 g/mol. The molecule has 3 aliphatic rings. The number of pyridine rings is 2. The van der Waals surface area contributed by atoms with E-state index in [4.69, 9.17) is 15.5 Å². The molecule has 2 aliphatic heterocycles. The Kier molecular flexibility index (Phi) is 8.81. The Morgan fingerprint density at radius 3 is 2.51 bits per heavy atom. The number of cyclic esters (lactones) is 1. The van der Waals surface area contributed by atoms with Crippen molar-refractivity contribution in [1.29, 1.82) is 0 Å². The van der Waals surface area contributed by atoms with Crippen LogP contribution in [0.25, 0.3) is 22.3 Å². The fraction of sp³-hybridized carbons (Fsp3) is 0.368. The maximum Gasteiger partial charge on any atom is 0.408 e. The summed E-state index contributed by atoms with van der Waals surface area (Å²) in [5.74, 6) is -2.24. The van der Waals surface area contributed by atoms with Crippen LogP contribution in [0.3, 0.4) is 0 Å². The first-order valence-electron chi connectivity index (χ1n) is 17.4. The topological polar surface area (TPSA) is 206 Å². The zero-order valence-electron chi connectivity index (χ0n) is 29.6. The van der Waals surface area contributed by atoms with Gasteiger partial charge in [-0.05, 0) is 80.5 Å². The number of aliphatic hydroxyl groups is 1. The number of fused-ring (bicyclic) bond motifs is 5. The van der Waals surface area contributed by atoms with E-state index in [1.165, 1.54) is 29.4 Å². The van der Waals surface area contributed by atoms with Gasteiger partial charge in [0, 0.05) is 34.8 Å². The van der Waals surface area contributed by atoms with Crippen LogP contribution in [-0.4, -0.2) is 60.6 Å². The molecule has 53 heavy (non-hydrogen) atoms. The lowest BCUT2D eigenvalue weighted by atomic mass is 9.81. The van der Waals surface area contributed by atoms with E-state index >= 15 is 4.39 Å². The predicted molar refractivity (Wildman–Crippen MR) is 190 cm³/mol. The summed E-state index contributed by atoms with van der Waals surface area (Å²) in [5.41, 5.74) is 7.82. The number of esters is 1. The molecule has 0 saturated carbocycles. The van der Waals surface area contributed by atoms with Gasteiger partial charge >= 0.3 is 12.1 Å². The summed E-state index contributed by atoms with van der Waals surface area (Å²) in [4.78, 5) is 70.5. The third-order valence-corrected chi connectivity index (χ3v) is 10.7. The number of carbonyl (C=O) groups is 4. The average Bonchev–Trinajstić information content (AvgIpc) is 3.50. The molecule has 0 spiro atoms. The highest BCUT2D eigenvalue weighted by Gasteiger charge is 2.46. The number of nitrogens with one attached hydrogen (secondary N) is 2. The van der Waals surface area contributed by atoms with Crippen LogP contribution in [0.2, 0.25) is 0 Å². The second-order valence-corrected chi connectivity index (χ2v) is 14.0. The summed E-state index contributed by atoms with van der Waals surface area (Å²) < 4.78 is 22.0. The van der Waals surface area contributed by atoms with Crippen molar-refractivity contribution in [2.24, 2.45) is 5.73 Å². The van der Waals surface area contributed by atoms with Crippen LogP contribution in [0.1, 0.15) is 78.6 Å². The fourth-order valence-corrected chi connectivity index (χ4v) is 7.70. The van der Waals surface area contributed by atoms with E-state index in [0.717, 1.165) is 5.56 Å². The van der Waals surface area contributed by atoms with Crippen LogP contribution in [0.15, 0.2) is 41.2 Å². The largest absolute Gasteiger partial charge is 0.465 e. The molecule has 6 N–H and O–H groups in total. The average molecular weight is 727 g/mol. The molecule has 3 amide bonds. The van der Waals surface area contributed by atoms with Crippen molar-refractivity contribution in [3.63, 3.8) is 0 Å². The van der Waals surface area contributed by atoms with Crippen LogP contribution < -0.4 is 21.9 Å². The van der Waals surface area contributed by atoms with Gasteiger partial charge in [0.05, 0.1) is 41.1 Å². The SMILES string of the molecule is CC[C@@]1(O)C(=O)OCc2c1cc1n(c2=O)Cc2c-1nc1cc(F)c(C)c3c1c2[C@@H](N(Cc1ccc(NC(=O)[C@H](C)NC(=O)[C@H](C)N)cc1)C(=O)O)CC3. The quantitative estimate of drug-likeness (QED) is 0.147. The van der Waals surface area contributed by atoms with E-state index in [2.05, 4.69) is 10.6 Å². The summed E-state index contributed by atoms with van der Waals surface area (Å²) in [6.07, 6.45) is -0.519. The zero-order chi connectivity index (χ0) is 38.1. The van der Waals surface area contributed by atoms with Gasteiger partial charge in [-0.1, -0.05) is 19.1 Å². The lowest BCUT2D eigenvalue weighted by Gasteiger charge is -2.36. The minimum absolute atomic E-state index is 0.0344. The smallest absolute Gasteiger partial charge is 0.408 e. The Morgan fingerprint density at radius 1 is 1.13 bits per heavy atom. The molecular formula is C38H39FN6O8. The van der Waals surface area contributed by atoms with Gasteiger partial charge in [0.15, 0.2) is 5.60 Å². The van der Waals surface area contributed by atoms with Crippen molar-refractivity contribution in [2.75, 3.05) is 5.32 Å². The zero-order valence-corrected chi connectivity index (χ0v) is 29.6. The Hall–Kier alpha value is -5.67. The van der Waals surface area contributed by atoms with Crippen LogP contribution in [0.5, 0.6) is 0 Å². The summed E-state index contributed by atoms with van der Waals surface area (Å²) in [6.45, 7) is 6.04. The Balaban J connectivity index is 1.28. The second-order valence-electron chi connectivity index (χ2n) is 14.0. The highest BCUT2D eigenvalue weighted by Crippen LogP contribution is 2.47. The molecule has 4 aromatic rings. The molecular weight excluding hydrogens is 687 g/mol. The van der Waals surface area contributed by atoms with E-state index in [9.17, 15) is 34.2 Å². The maximum absolute atomic E-state index is 15.4. The number of rotatable bonds is 8. The van der Waals surface area contributed by atoms with Crippen molar-refractivity contribution >= 4 is 40.5 Å². The maximum atomic E-state index is 15.4. The van der Waals surface area contributed by atoms with Gasteiger partial charge < -0.3 is 35.9 Å². The minimum Gasteiger partial charge on any atom is -0.465 e. The lowest BCUT2D eigenvalue weighted by molar-refractivity contribution is -0.172. The summed E-state index contributed by atoms with van der Waals surface area (Å²) in [5, 5.41) is 27.9. The van der Waals surface area contributed by atoms with Gasteiger partial charge in [-0.3, -0.25) is 19.3 Å². The Bertz CT molecular complexity index is 2310. The third-order valence-electron chi connectivity index (χ3n) is 10.7. The van der Waals surface area contributed by atoms with Crippen molar-refractivity contribution in [3.8, 4) is 11.4 Å². The number of ether oxygens (including phenoxy) is 1. The molecule has 0 bridgehead atoms. The number of benzene rings is 2. The number of aromatic nitrogens is 2. The molecule has 1 aliphatic carbocycles. The van der Waals surface area contributed by atoms with Crippen LogP contribution in [0.4, 0.5) is 14.9 Å². The number of aryl methyl sites for hydroxylation is 1. The van der Waals surface area contributed by atoms with Gasteiger partial charge in [-0.2, -0.15) is 0 Å². The van der Waals surface area contributed by atoms with E-state index in [1.807, 2.05) is 0 Å². The molecule has 276 valence electrons. The molecule has 2 aromatic heterocycles. The highest BCUT2D eigenvalue weighted by molar-refractivity contribution is 5.97. The molecule has 2 aromatic carbocycles. The molecule has 0 radical (unpaired) electrons. The molecule has 0 unspecified atom stereocenters. The molecule has 0 saturated heterocycles. The third kappa shape index (κ3) is 5.80. The minimum atomic E-state index is -2.04. The van der Waals surface area contributed by atoms with Crippen LogP contribution in [0, 0.1) is 12.7 Å². The number of amides is 3. The van der Waals surface area contributed by atoms with E-state index in [-0.39, 0.29) is 37.2 Å². The predicted octanol–water partition coefficient (Wildman–Crippen LogP) is 3.49. The number of carboxylic acid groups (broad SMARTS) is 1. The van der Waals surface area contributed by atoms with Gasteiger partial charge in [-0.15, -0.1) is 0 Å². The van der Waals surface area contributed by atoms with E-state index < -0.39 is 59.0 Å². The fourth-order valence-electron chi connectivity index (χ4n) is 7.70. The highest BCUT2D eigenvalue weighted by atomic mass is 19.1. The molecule has 4 atom stereocenters. The Labute approximate surface area is 302 Å². The van der Waals surface area contributed by atoms with Crippen molar-refractivity contribution in [2.45, 2.75) is 90.4 Å². The number of halogens is 1. The first-order valence-corrected chi connectivity index (χ1v) is 17.4. The van der Waals surface area contributed by atoms with Gasteiger partial charge in [0.1, 0.15) is 18.5 Å². The summed E-state index contributed by atoms with van der Waals surface area (Å²) in [7, 11) is 0. The first-order chi connectivity index (χ1) is 25.1. The normalized spacial score (nSPS) is 19.4. The van der Waals surface area contributed by atoms with Gasteiger partial charge in [-0.25, -0.2) is 19.0 Å². The number of nitrogens with two attached hydrogens (primary N) is 1. The first kappa shape index (κ1) is 35.7. The molecule has 4 heterocycles. The molecule has 7 rings (SSSR count). The number of hydrogen-bond acceptors (Lipinski definition) is 9. The standard InChI is InChI=1S/C38H39FN6O8/c1-5-38(52)25-12-29-32-23(15-44(29)35(48)24(25)16-53-36(38)49)31-28(11-10-22-17(2)26(39)13-27(43-32)30(22)31)45(37(50)51)14-20-6-8-21(9-7-20)42-34(47)19(4)41-33(46)18(3)40/h6-9,12-13,18-19,28,52H,5,10-11,14-16,40H2,1-4H3,(H,41,46)(H,42,47)(H,50,51)/t18-,19-,28-,38-/m0/s1. The van der Waals surface area contributed by atoms with E-state index in [0.29, 0.717) is 63.1 Å². The molecule has 0 fully saturated rings. The molecule has 14 nitrogen and oxygen atoms in total. The summed E-state index contributed by atoms with van der Waals surface area (Å²) in [6, 6.07) is 7.21. The number of nitrogens with zero attached hydrogens (tertiary/aromatic N) is 3. The van der Waals surface area contributed by atoms with Crippen LogP contribution >= 0.6 is 0 Å². The number of anilines is 1. The molecule has 15 heteroatoms. The number of carbonyl (C=O) groups excluding carboxylic acids is 3. The van der Waals surface area contributed by atoms with Crippen molar-refractivity contribution < 1.29 is 38.5 Å². The summed E-state index contributed by atoms with van der Waals surface area (Å²) >= 11 is 0. The van der Waals surface area contributed by atoms with Crippen molar-refractivity contribution in [3.05, 3.63) is 91.5 Å². The van der Waals surface area contributed by atoms with Gasteiger partial charge in [0.2, 0.25) is 11.8 Å². The van der Waals surface area contributed by atoms with Gasteiger partial charge in [0.25, 0.3) is 5.56 Å². The van der Waals surface area contributed by atoms with Crippen LogP contribution in [-0.2, 0) is 50.8 Å². The van der Waals surface area contributed by atoms with Crippen molar-refractivity contribution in [1.82, 2.24) is 19.8 Å². The second kappa shape index (κ2) is 13.1.